The summed E-state index contributed by atoms with van der Waals surface area (Å²) in [6.07, 6.45) is 2.35. The fourth-order valence-electron chi connectivity index (χ4n) is 2.49. The molecule has 1 unspecified atom stereocenters. The lowest BCUT2D eigenvalue weighted by Gasteiger charge is -2.27. The maximum Gasteiger partial charge on any atom is 0.339 e. The molecule has 4 nitrogen and oxygen atoms in total. The standard InChI is InChI=1S/C16H22O4/c1-10-7-11(2)15(20-9-12-5-4-6-12)13(8-10)14(17)16(18)19-3/h7-8,12,14,17H,4-6,9H2,1-3H3. The lowest BCUT2D eigenvalue weighted by molar-refractivity contribution is -0.150. The molecule has 1 aromatic rings. The van der Waals surface area contributed by atoms with Gasteiger partial charge in [-0.1, -0.05) is 18.1 Å². The summed E-state index contributed by atoms with van der Waals surface area (Å²) in [6, 6.07) is 3.77. The molecule has 4 heteroatoms. The lowest BCUT2D eigenvalue weighted by Crippen LogP contribution is -2.21. The Morgan fingerprint density at radius 3 is 2.65 bits per heavy atom. The number of aliphatic hydroxyl groups excluding tert-OH is 1. The Labute approximate surface area is 119 Å². The number of carbonyl (C=O) groups is 1. The van der Waals surface area contributed by atoms with Gasteiger partial charge < -0.3 is 14.6 Å². The summed E-state index contributed by atoms with van der Waals surface area (Å²) in [7, 11) is 1.27. The van der Waals surface area contributed by atoms with Crippen LogP contribution in [0.5, 0.6) is 5.75 Å². The first-order valence-electron chi connectivity index (χ1n) is 7.02. The van der Waals surface area contributed by atoms with Crippen molar-refractivity contribution in [2.45, 2.75) is 39.2 Å². The first-order chi connectivity index (χ1) is 9.52. The number of ether oxygens (including phenoxy) is 2. The number of aryl methyl sites for hydroxylation is 2. The van der Waals surface area contributed by atoms with Crippen molar-refractivity contribution in [1.82, 2.24) is 0 Å². The third kappa shape index (κ3) is 3.12. The molecule has 0 bridgehead atoms. The van der Waals surface area contributed by atoms with E-state index in [4.69, 9.17) is 4.74 Å². The van der Waals surface area contributed by atoms with Gasteiger partial charge in [0.1, 0.15) is 5.75 Å². The van der Waals surface area contributed by atoms with Crippen LogP contribution in [0.15, 0.2) is 12.1 Å². The monoisotopic (exact) mass is 278 g/mol. The highest BCUT2D eigenvalue weighted by molar-refractivity contribution is 5.77. The summed E-state index contributed by atoms with van der Waals surface area (Å²) in [6.45, 7) is 4.50. The molecule has 1 aliphatic rings. The summed E-state index contributed by atoms with van der Waals surface area (Å²) in [5.74, 6) is 0.544. The second kappa shape index (κ2) is 6.27. The van der Waals surface area contributed by atoms with Gasteiger partial charge in [0, 0.05) is 5.56 Å². The van der Waals surface area contributed by atoms with Gasteiger partial charge in [-0.15, -0.1) is 0 Å². The maximum atomic E-state index is 11.6. The van der Waals surface area contributed by atoms with Crippen molar-refractivity contribution in [2.75, 3.05) is 13.7 Å². The fourth-order valence-corrected chi connectivity index (χ4v) is 2.49. The summed E-state index contributed by atoms with van der Waals surface area (Å²) < 4.78 is 10.5. The van der Waals surface area contributed by atoms with Crippen molar-refractivity contribution in [2.24, 2.45) is 5.92 Å². The third-order valence-corrected chi connectivity index (χ3v) is 3.85. The lowest BCUT2D eigenvalue weighted by atomic mass is 9.86. The summed E-state index contributed by atoms with van der Waals surface area (Å²) >= 11 is 0. The van der Waals surface area contributed by atoms with Crippen molar-refractivity contribution in [3.05, 3.63) is 28.8 Å². The van der Waals surface area contributed by atoms with Crippen molar-refractivity contribution in [1.29, 1.82) is 0 Å². The van der Waals surface area contributed by atoms with Gasteiger partial charge in [0.05, 0.1) is 13.7 Å². The maximum absolute atomic E-state index is 11.6. The SMILES string of the molecule is COC(=O)C(O)c1cc(C)cc(C)c1OCC1CCC1. The second-order valence-corrected chi connectivity index (χ2v) is 5.53. The summed E-state index contributed by atoms with van der Waals surface area (Å²) in [5.41, 5.74) is 2.41. The van der Waals surface area contributed by atoms with E-state index in [1.165, 1.54) is 26.4 Å². The van der Waals surface area contributed by atoms with Crippen LogP contribution in [-0.2, 0) is 9.53 Å². The first kappa shape index (κ1) is 14.9. The molecule has 0 heterocycles. The van der Waals surface area contributed by atoms with Crippen molar-refractivity contribution >= 4 is 5.97 Å². The predicted octanol–water partition coefficient (Wildman–Crippen LogP) is 2.69. The molecule has 110 valence electrons. The van der Waals surface area contributed by atoms with Gasteiger partial charge in [-0.3, -0.25) is 0 Å². The first-order valence-corrected chi connectivity index (χ1v) is 7.02. The minimum absolute atomic E-state index is 0.494. The smallest absolute Gasteiger partial charge is 0.339 e. The zero-order chi connectivity index (χ0) is 14.7. The number of rotatable bonds is 5. The summed E-state index contributed by atoms with van der Waals surface area (Å²) in [5, 5.41) is 10.1. The molecular formula is C16H22O4. The number of hydrogen-bond donors (Lipinski definition) is 1. The number of benzene rings is 1. The molecule has 1 saturated carbocycles. The van der Waals surface area contributed by atoms with Gasteiger partial charge in [0.15, 0.2) is 6.10 Å². The molecule has 2 rings (SSSR count). The minimum atomic E-state index is -1.30. The summed E-state index contributed by atoms with van der Waals surface area (Å²) in [4.78, 5) is 11.6. The van der Waals surface area contributed by atoms with Gasteiger partial charge in [-0.2, -0.15) is 0 Å². The van der Waals surface area contributed by atoms with E-state index in [1.54, 1.807) is 6.07 Å². The molecule has 0 amide bonds. The highest BCUT2D eigenvalue weighted by Crippen LogP contribution is 2.33. The number of aliphatic hydroxyl groups is 1. The molecule has 20 heavy (non-hydrogen) atoms. The number of esters is 1. The molecule has 0 aliphatic heterocycles. The molecule has 0 spiro atoms. The van der Waals surface area contributed by atoms with E-state index in [0.717, 1.165) is 11.1 Å². The Bertz CT molecular complexity index is 491. The van der Waals surface area contributed by atoms with Crippen LogP contribution in [0, 0.1) is 19.8 Å². The number of carbonyl (C=O) groups excluding carboxylic acids is 1. The van der Waals surface area contributed by atoms with Crippen LogP contribution >= 0.6 is 0 Å². The quantitative estimate of drug-likeness (QED) is 0.841. The van der Waals surface area contributed by atoms with Crippen LogP contribution in [0.1, 0.15) is 42.1 Å². The van der Waals surface area contributed by atoms with Gasteiger partial charge in [-0.25, -0.2) is 4.79 Å². The Morgan fingerprint density at radius 1 is 1.40 bits per heavy atom. The van der Waals surface area contributed by atoms with Gasteiger partial charge in [0.2, 0.25) is 0 Å². The molecule has 0 radical (unpaired) electrons. The van der Waals surface area contributed by atoms with Crippen LogP contribution in [0.2, 0.25) is 0 Å². The topological polar surface area (TPSA) is 55.8 Å². The molecule has 1 aliphatic carbocycles. The molecule has 0 aromatic heterocycles. The highest BCUT2D eigenvalue weighted by Gasteiger charge is 2.25. The molecule has 1 N–H and O–H groups in total. The second-order valence-electron chi connectivity index (χ2n) is 5.53. The van der Waals surface area contributed by atoms with Crippen LogP contribution in [0.3, 0.4) is 0 Å². The molecule has 1 atom stereocenters. The molecule has 1 aromatic carbocycles. The fraction of sp³-hybridized carbons (Fsp3) is 0.562. The van der Waals surface area contributed by atoms with E-state index < -0.39 is 12.1 Å². The van der Waals surface area contributed by atoms with E-state index in [9.17, 15) is 9.90 Å². The van der Waals surface area contributed by atoms with E-state index in [-0.39, 0.29) is 0 Å². The Hall–Kier alpha value is -1.55. The Kier molecular flexibility index (Phi) is 4.65. The molecular weight excluding hydrogens is 256 g/mol. The molecule has 1 fully saturated rings. The van der Waals surface area contributed by atoms with Crippen molar-refractivity contribution in [3.63, 3.8) is 0 Å². The normalized spacial score (nSPS) is 16.4. The number of hydrogen-bond acceptors (Lipinski definition) is 4. The van der Waals surface area contributed by atoms with Crippen LogP contribution in [0.4, 0.5) is 0 Å². The molecule has 0 saturated heterocycles. The van der Waals surface area contributed by atoms with Crippen LogP contribution in [0.25, 0.3) is 0 Å². The highest BCUT2D eigenvalue weighted by atomic mass is 16.5. The van der Waals surface area contributed by atoms with Gasteiger partial charge in [-0.05, 0) is 44.2 Å². The van der Waals surface area contributed by atoms with E-state index in [1.807, 2.05) is 19.9 Å². The van der Waals surface area contributed by atoms with Crippen molar-refractivity contribution in [3.8, 4) is 5.75 Å². The zero-order valence-corrected chi connectivity index (χ0v) is 12.3. The minimum Gasteiger partial charge on any atom is -0.493 e. The van der Waals surface area contributed by atoms with E-state index in [2.05, 4.69) is 4.74 Å². The third-order valence-electron chi connectivity index (χ3n) is 3.85. The van der Waals surface area contributed by atoms with Crippen LogP contribution < -0.4 is 4.74 Å². The Balaban J connectivity index is 2.24. The average molecular weight is 278 g/mol. The van der Waals surface area contributed by atoms with E-state index in [0.29, 0.717) is 23.8 Å². The number of methoxy groups -OCH3 is 1. The predicted molar refractivity (Wildman–Crippen MR) is 75.7 cm³/mol. The zero-order valence-electron chi connectivity index (χ0n) is 12.3. The van der Waals surface area contributed by atoms with E-state index >= 15 is 0 Å². The van der Waals surface area contributed by atoms with Crippen LogP contribution in [-0.4, -0.2) is 24.8 Å². The average Bonchev–Trinajstić information content (AvgIpc) is 2.36. The van der Waals surface area contributed by atoms with Gasteiger partial charge >= 0.3 is 5.97 Å². The largest absolute Gasteiger partial charge is 0.493 e. The van der Waals surface area contributed by atoms with Crippen molar-refractivity contribution < 1.29 is 19.4 Å². The van der Waals surface area contributed by atoms with Gasteiger partial charge in [0.25, 0.3) is 0 Å². The Morgan fingerprint density at radius 2 is 2.10 bits per heavy atom.